The Kier molecular flexibility index (Phi) is 5.56. The molecule has 3 heterocycles. The third-order valence-electron chi connectivity index (χ3n) is 4.28. The quantitative estimate of drug-likeness (QED) is 0.475. The second kappa shape index (κ2) is 8.15. The topological polar surface area (TPSA) is 96.7 Å². The molecule has 0 saturated heterocycles. The number of hydrogen-bond acceptors (Lipinski definition) is 6. The highest BCUT2D eigenvalue weighted by Crippen LogP contribution is 2.27. The summed E-state index contributed by atoms with van der Waals surface area (Å²) in [6, 6.07) is 11.9. The molecule has 30 heavy (non-hydrogen) atoms. The Bertz CT molecular complexity index is 1280. The lowest BCUT2D eigenvalue weighted by molar-refractivity contribution is -0.116. The number of nitrogens with zero attached hydrogens (tertiary/aromatic N) is 4. The number of thiophene rings is 1. The fraction of sp³-hybridized carbons (Fsp3) is 0.105. The Morgan fingerprint density at radius 2 is 2.00 bits per heavy atom. The number of carbonyl (C=O) groups excluding carboxylic acids is 1. The van der Waals surface area contributed by atoms with Crippen molar-refractivity contribution in [1.82, 2.24) is 18.7 Å². The molecule has 8 nitrogen and oxygen atoms in total. The molecule has 1 N–H and O–H groups in total. The number of aromatic nitrogens is 3. The lowest BCUT2D eigenvalue weighted by atomic mass is 10.1. The smallest absolute Gasteiger partial charge is 0.252 e. The van der Waals surface area contributed by atoms with Crippen LogP contribution in [0.1, 0.15) is 0 Å². The molecule has 4 aromatic rings. The molecule has 0 saturated carbocycles. The zero-order chi connectivity index (χ0) is 21.3. The third kappa shape index (κ3) is 4.21. The molecule has 154 valence electrons. The number of fused-ring (bicyclic) bond motifs is 1. The lowest BCUT2D eigenvalue weighted by Crippen LogP contribution is -2.34. The van der Waals surface area contributed by atoms with Crippen LogP contribution in [0.4, 0.5) is 5.69 Å². The first kappa shape index (κ1) is 20.5. The summed E-state index contributed by atoms with van der Waals surface area (Å²) >= 11 is 6.76. The number of sulfonamides is 1. The second-order valence-corrected chi connectivity index (χ2v) is 10.4. The molecule has 3 aromatic heterocycles. The summed E-state index contributed by atoms with van der Waals surface area (Å²) in [4.78, 5) is 21.0. The Labute approximate surface area is 181 Å². The number of amides is 1. The molecule has 11 heteroatoms. The summed E-state index contributed by atoms with van der Waals surface area (Å²) < 4.78 is 28.3. The van der Waals surface area contributed by atoms with Crippen molar-refractivity contribution in [2.24, 2.45) is 0 Å². The minimum atomic E-state index is -3.77. The summed E-state index contributed by atoms with van der Waals surface area (Å²) in [6.07, 6.45) is 5.41. The molecule has 0 bridgehead atoms. The largest absolute Gasteiger partial charge is 0.325 e. The molecule has 1 aromatic carbocycles. The molecule has 0 aliphatic carbocycles. The van der Waals surface area contributed by atoms with Crippen LogP contribution in [0, 0.1) is 0 Å². The van der Waals surface area contributed by atoms with Gasteiger partial charge in [0.15, 0.2) is 0 Å². The Morgan fingerprint density at radius 1 is 1.23 bits per heavy atom. The van der Waals surface area contributed by atoms with Crippen LogP contribution in [0.2, 0.25) is 4.34 Å². The number of halogens is 1. The highest BCUT2D eigenvalue weighted by Gasteiger charge is 2.24. The molecule has 0 fully saturated rings. The normalized spacial score (nSPS) is 11.8. The first-order valence-corrected chi connectivity index (χ1v) is 11.4. The maximum absolute atomic E-state index is 12.5. The lowest BCUT2D eigenvalue weighted by Gasteiger charge is -2.15. The van der Waals surface area contributed by atoms with E-state index in [9.17, 15) is 13.2 Å². The van der Waals surface area contributed by atoms with Gasteiger partial charge in [-0.05, 0) is 30.3 Å². The SMILES string of the molecule is CN(CC(=O)Nc1ccc(-c2cn3cccnc3n2)cc1)S(=O)(=O)c1ccc(Cl)s1. The average molecular weight is 462 g/mol. The van der Waals surface area contributed by atoms with Crippen molar-refractivity contribution in [2.75, 3.05) is 18.9 Å². The van der Waals surface area contributed by atoms with Crippen LogP contribution in [0.5, 0.6) is 0 Å². The van der Waals surface area contributed by atoms with Gasteiger partial charge in [-0.25, -0.2) is 18.4 Å². The van der Waals surface area contributed by atoms with Crippen molar-refractivity contribution < 1.29 is 13.2 Å². The van der Waals surface area contributed by atoms with Crippen molar-refractivity contribution in [3.8, 4) is 11.3 Å². The maximum Gasteiger partial charge on any atom is 0.252 e. The van der Waals surface area contributed by atoms with E-state index >= 15 is 0 Å². The van der Waals surface area contributed by atoms with E-state index < -0.39 is 15.9 Å². The highest BCUT2D eigenvalue weighted by atomic mass is 35.5. The van der Waals surface area contributed by atoms with Gasteiger partial charge in [-0.15, -0.1) is 11.3 Å². The van der Waals surface area contributed by atoms with Gasteiger partial charge in [0.1, 0.15) is 4.21 Å². The van der Waals surface area contributed by atoms with Gasteiger partial charge in [-0.3, -0.25) is 9.20 Å². The van der Waals surface area contributed by atoms with Gasteiger partial charge in [-0.2, -0.15) is 4.31 Å². The van der Waals surface area contributed by atoms with Crippen LogP contribution in [0.3, 0.4) is 0 Å². The number of anilines is 1. The van der Waals surface area contributed by atoms with Crippen LogP contribution in [0.15, 0.2) is 65.3 Å². The van der Waals surface area contributed by atoms with E-state index in [4.69, 9.17) is 11.6 Å². The Balaban J connectivity index is 1.42. The summed E-state index contributed by atoms with van der Waals surface area (Å²) in [7, 11) is -2.42. The fourth-order valence-electron chi connectivity index (χ4n) is 2.77. The molecular formula is C19H16ClN5O3S2. The zero-order valence-electron chi connectivity index (χ0n) is 15.7. The molecule has 0 spiro atoms. The van der Waals surface area contributed by atoms with Gasteiger partial charge in [0.05, 0.1) is 16.6 Å². The minimum Gasteiger partial charge on any atom is -0.325 e. The van der Waals surface area contributed by atoms with Gasteiger partial charge in [0.2, 0.25) is 11.7 Å². The number of imidazole rings is 1. The van der Waals surface area contributed by atoms with Crippen LogP contribution in [-0.2, 0) is 14.8 Å². The van der Waals surface area contributed by atoms with Gasteiger partial charge in [-0.1, -0.05) is 23.7 Å². The number of hydrogen-bond donors (Lipinski definition) is 1. The van der Waals surface area contributed by atoms with Crippen LogP contribution < -0.4 is 5.32 Å². The van der Waals surface area contributed by atoms with Crippen molar-refractivity contribution >= 4 is 50.3 Å². The molecule has 0 aliphatic rings. The standard InChI is InChI=1S/C19H16ClN5O3S2/c1-24(30(27,28)18-8-7-16(20)29-18)12-17(26)22-14-5-3-13(4-6-14)15-11-25-10-2-9-21-19(25)23-15/h2-11H,12H2,1H3,(H,22,26). The van der Waals surface area contributed by atoms with Crippen LogP contribution in [-0.4, -0.2) is 46.6 Å². The molecule has 0 radical (unpaired) electrons. The Hall–Kier alpha value is -2.79. The number of carbonyl (C=O) groups is 1. The highest BCUT2D eigenvalue weighted by molar-refractivity contribution is 7.91. The van der Waals surface area contributed by atoms with E-state index in [0.717, 1.165) is 26.9 Å². The minimum absolute atomic E-state index is 0.0918. The first-order valence-electron chi connectivity index (χ1n) is 8.74. The number of benzene rings is 1. The predicted octanol–water partition coefficient (Wildman–Crippen LogP) is 3.37. The predicted molar refractivity (Wildman–Crippen MR) is 116 cm³/mol. The van der Waals surface area contributed by atoms with Crippen LogP contribution >= 0.6 is 22.9 Å². The van der Waals surface area contributed by atoms with Crippen molar-refractivity contribution in [3.05, 3.63) is 65.4 Å². The number of nitrogens with one attached hydrogen (secondary N) is 1. The number of likely N-dealkylation sites (N-methyl/N-ethyl adjacent to an activating group) is 1. The van der Waals surface area contributed by atoms with Gasteiger partial charge in [0, 0.05) is 36.9 Å². The van der Waals surface area contributed by atoms with E-state index in [0.29, 0.717) is 15.8 Å². The second-order valence-electron chi connectivity index (χ2n) is 6.40. The Morgan fingerprint density at radius 3 is 2.67 bits per heavy atom. The van der Waals surface area contributed by atoms with Crippen LogP contribution in [0.25, 0.3) is 17.0 Å². The average Bonchev–Trinajstić information content (AvgIpc) is 3.35. The maximum atomic E-state index is 12.5. The third-order valence-corrected chi connectivity index (χ3v) is 7.78. The van der Waals surface area contributed by atoms with E-state index in [-0.39, 0.29) is 10.8 Å². The van der Waals surface area contributed by atoms with Gasteiger partial charge < -0.3 is 5.32 Å². The van der Waals surface area contributed by atoms with Crippen molar-refractivity contribution in [3.63, 3.8) is 0 Å². The van der Waals surface area contributed by atoms with E-state index in [2.05, 4.69) is 15.3 Å². The van der Waals surface area contributed by atoms with E-state index in [1.54, 1.807) is 18.3 Å². The molecular weight excluding hydrogens is 446 g/mol. The molecule has 0 unspecified atom stereocenters. The summed E-state index contributed by atoms with van der Waals surface area (Å²) in [5.74, 6) is 0.148. The summed E-state index contributed by atoms with van der Waals surface area (Å²) in [5, 5.41) is 2.70. The summed E-state index contributed by atoms with van der Waals surface area (Å²) in [6.45, 7) is -0.322. The van der Waals surface area contributed by atoms with Crippen molar-refractivity contribution in [1.29, 1.82) is 0 Å². The van der Waals surface area contributed by atoms with E-state index in [1.165, 1.54) is 19.2 Å². The van der Waals surface area contributed by atoms with Crippen molar-refractivity contribution in [2.45, 2.75) is 4.21 Å². The van der Waals surface area contributed by atoms with Gasteiger partial charge >= 0.3 is 0 Å². The molecule has 1 amide bonds. The molecule has 4 rings (SSSR count). The monoisotopic (exact) mass is 461 g/mol. The number of rotatable bonds is 6. The molecule has 0 atom stereocenters. The van der Waals surface area contributed by atoms with E-state index in [1.807, 2.05) is 35.0 Å². The fourth-order valence-corrected chi connectivity index (χ4v) is 5.59. The summed E-state index contributed by atoms with van der Waals surface area (Å²) in [5.41, 5.74) is 2.18. The zero-order valence-corrected chi connectivity index (χ0v) is 18.1. The first-order chi connectivity index (χ1) is 14.3. The van der Waals surface area contributed by atoms with Gasteiger partial charge in [0.25, 0.3) is 10.0 Å². The molecule has 0 aliphatic heterocycles.